The van der Waals surface area contributed by atoms with Crippen LogP contribution in [0.15, 0.2) is 54.1 Å². The predicted molar refractivity (Wildman–Crippen MR) is 81.2 cm³/mol. The molecule has 1 heterocycles. The molecule has 0 saturated heterocycles. The van der Waals surface area contributed by atoms with Crippen molar-refractivity contribution in [2.45, 2.75) is 13.8 Å². The molecule has 0 bridgehead atoms. The highest BCUT2D eigenvalue weighted by atomic mass is 16.5. The van der Waals surface area contributed by atoms with Gasteiger partial charge >= 0.3 is 5.97 Å². The van der Waals surface area contributed by atoms with Crippen LogP contribution in [-0.2, 0) is 9.53 Å². The van der Waals surface area contributed by atoms with Crippen LogP contribution in [0.25, 0.3) is 17.0 Å². The monoisotopic (exact) mass is 267 g/mol. The molecule has 2 aromatic rings. The molecule has 0 spiro atoms. The molecule has 102 valence electrons. The number of fused-ring (bicyclic) bond motifs is 1. The number of para-hydroxylation sites is 1. The first-order valence-electron chi connectivity index (χ1n) is 6.58. The van der Waals surface area contributed by atoms with E-state index in [0.29, 0.717) is 6.61 Å². The molecular formula is C17H17NO2. The summed E-state index contributed by atoms with van der Waals surface area (Å²) in [5, 5.41) is 1.11. The molecule has 0 atom stereocenters. The molecule has 3 heteroatoms. The number of carbonyl (C=O) groups is 1. The Hall–Kier alpha value is -2.42. The average Bonchev–Trinajstić information content (AvgIpc) is 2.45. The Morgan fingerprint density at radius 3 is 2.85 bits per heavy atom. The molecule has 0 aliphatic carbocycles. The maximum Gasteiger partial charge on any atom is 0.330 e. The van der Waals surface area contributed by atoms with Crippen molar-refractivity contribution in [1.82, 2.24) is 4.98 Å². The molecular weight excluding hydrogens is 250 g/mol. The summed E-state index contributed by atoms with van der Waals surface area (Å²) < 4.78 is 4.86. The Kier molecular flexibility index (Phi) is 4.66. The third kappa shape index (κ3) is 3.79. The summed E-state index contributed by atoms with van der Waals surface area (Å²) in [4.78, 5) is 15.8. The highest BCUT2D eigenvalue weighted by Crippen LogP contribution is 2.13. The fraction of sp³-hybridized carbons (Fsp3) is 0.176. The maximum atomic E-state index is 11.3. The molecule has 1 aromatic carbocycles. The molecule has 0 N–H and O–H groups in total. The highest BCUT2D eigenvalue weighted by Gasteiger charge is 1.97. The summed E-state index contributed by atoms with van der Waals surface area (Å²) in [6.45, 7) is 4.03. The summed E-state index contributed by atoms with van der Waals surface area (Å²) in [6, 6.07) is 12.0. The Labute approximate surface area is 118 Å². The molecule has 0 aliphatic rings. The molecule has 0 saturated carbocycles. The summed E-state index contributed by atoms with van der Waals surface area (Å²) in [5.74, 6) is -0.318. The maximum absolute atomic E-state index is 11.3. The van der Waals surface area contributed by atoms with E-state index in [2.05, 4.69) is 4.98 Å². The Balaban J connectivity index is 2.15. The van der Waals surface area contributed by atoms with E-state index in [1.54, 1.807) is 6.92 Å². The van der Waals surface area contributed by atoms with E-state index in [4.69, 9.17) is 4.74 Å². The van der Waals surface area contributed by atoms with Gasteiger partial charge in [0.25, 0.3) is 0 Å². The van der Waals surface area contributed by atoms with Gasteiger partial charge < -0.3 is 4.74 Å². The quantitative estimate of drug-likeness (QED) is 0.481. The van der Waals surface area contributed by atoms with Crippen LogP contribution in [0.1, 0.15) is 19.5 Å². The lowest BCUT2D eigenvalue weighted by Crippen LogP contribution is -1.99. The van der Waals surface area contributed by atoms with E-state index in [-0.39, 0.29) is 5.97 Å². The third-order valence-corrected chi connectivity index (χ3v) is 2.77. The number of rotatable bonds is 4. The minimum atomic E-state index is -0.318. The van der Waals surface area contributed by atoms with Gasteiger partial charge in [-0.15, -0.1) is 0 Å². The second kappa shape index (κ2) is 6.66. The molecule has 0 unspecified atom stereocenters. The first kappa shape index (κ1) is 14.0. The van der Waals surface area contributed by atoms with Crippen LogP contribution in [0.5, 0.6) is 0 Å². The van der Waals surface area contributed by atoms with Crippen molar-refractivity contribution in [3.63, 3.8) is 0 Å². The van der Waals surface area contributed by atoms with Gasteiger partial charge in [-0.2, -0.15) is 0 Å². The Morgan fingerprint density at radius 2 is 2.05 bits per heavy atom. The molecule has 0 aliphatic heterocycles. The van der Waals surface area contributed by atoms with E-state index in [1.165, 1.54) is 6.08 Å². The number of nitrogens with zero attached hydrogens (tertiary/aromatic N) is 1. The Bertz CT molecular complexity index is 671. The second-order valence-electron chi connectivity index (χ2n) is 4.40. The van der Waals surface area contributed by atoms with E-state index in [9.17, 15) is 4.79 Å². The van der Waals surface area contributed by atoms with Crippen LogP contribution in [0.3, 0.4) is 0 Å². The predicted octanol–water partition coefficient (Wildman–Crippen LogP) is 3.76. The summed E-state index contributed by atoms with van der Waals surface area (Å²) in [6.07, 6.45) is 5.21. The molecule has 0 amide bonds. The standard InChI is InChI=1S/C17H17NO2/c1-3-20-17(19)12-13(2)8-10-15-11-9-14-6-4-5-7-16(14)18-15/h4-12H,3H2,1-2H3. The van der Waals surface area contributed by atoms with Crippen molar-refractivity contribution in [1.29, 1.82) is 0 Å². The van der Waals surface area contributed by atoms with Crippen LogP contribution < -0.4 is 0 Å². The SMILES string of the molecule is CCOC(=O)C=C(C)C=Cc1ccc2ccccc2n1. The first-order chi connectivity index (χ1) is 9.69. The fourth-order valence-corrected chi connectivity index (χ4v) is 1.81. The van der Waals surface area contributed by atoms with Gasteiger partial charge in [-0.1, -0.05) is 30.3 Å². The van der Waals surface area contributed by atoms with Crippen molar-refractivity contribution in [3.05, 3.63) is 59.8 Å². The average molecular weight is 267 g/mol. The van der Waals surface area contributed by atoms with E-state index in [0.717, 1.165) is 22.2 Å². The van der Waals surface area contributed by atoms with Crippen molar-refractivity contribution in [3.8, 4) is 0 Å². The summed E-state index contributed by atoms with van der Waals surface area (Å²) >= 11 is 0. The zero-order chi connectivity index (χ0) is 14.4. The van der Waals surface area contributed by atoms with Gasteiger partial charge in [-0.3, -0.25) is 0 Å². The molecule has 2 rings (SSSR count). The van der Waals surface area contributed by atoms with Gasteiger partial charge in [0, 0.05) is 11.5 Å². The van der Waals surface area contributed by atoms with Crippen LogP contribution in [0.4, 0.5) is 0 Å². The number of hydrogen-bond donors (Lipinski definition) is 0. The van der Waals surface area contributed by atoms with Gasteiger partial charge in [-0.25, -0.2) is 9.78 Å². The number of aromatic nitrogens is 1. The number of pyridine rings is 1. The Morgan fingerprint density at radius 1 is 1.25 bits per heavy atom. The van der Waals surface area contributed by atoms with Crippen molar-refractivity contribution >= 4 is 22.9 Å². The number of ether oxygens (including phenoxy) is 1. The van der Waals surface area contributed by atoms with Gasteiger partial charge in [0.15, 0.2) is 0 Å². The van der Waals surface area contributed by atoms with Crippen LogP contribution >= 0.6 is 0 Å². The lowest BCUT2D eigenvalue weighted by Gasteiger charge is -1.99. The first-order valence-corrected chi connectivity index (χ1v) is 6.58. The second-order valence-corrected chi connectivity index (χ2v) is 4.40. The van der Waals surface area contributed by atoms with Gasteiger partial charge in [-0.05, 0) is 37.6 Å². The zero-order valence-corrected chi connectivity index (χ0v) is 11.7. The molecule has 0 fully saturated rings. The van der Waals surface area contributed by atoms with Gasteiger partial charge in [0.2, 0.25) is 0 Å². The lowest BCUT2D eigenvalue weighted by atomic mass is 10.2. The zero-order valence-electron chi connectivity index (χ0n) is 11.7. The van der Waals surface area contributed by atoms with E-state index in [1.807, 2.05) is 55.5 Å². The molecule has 0 radical (unpaired) electrons. The smallest absolute Gasteiger partial charge is 0.330 e. The van der Waals surface area contributed by atoms with Crippen LogP contribution in [0, 0.1) is 0 Å². The van der Waals surface area contributed by atoms with Crippen LogP contribution in [-0.4, -0.2) is 17.6 Å². The number of allylic oxidation sites excluding steroid dienone is 2. The van der Waals surface area contributed by atoms with Gasteiger partial charge in [0.05, 0.1) is 17.8 Å². The summed E-state index contributed by atoms with van der Waals surface area (Å²) in [5.41, 5.74) is 2.65. The topological polar surface area (TPSA) is 39.2 Å². The number of hydrogen-bond acceptors (Lipinski definition) is 3. The molecule has 3 nitrogen and oxygen atoms in total. The molecule has 1 aromatic heterocycles. The largest absolute Gasteiger partial charge is 0.463 e. The van der Waals surface area contributed by atoms with Crippen molar-refractivity contribution in [2.75, 3.05) is 6.61 Å². The van der Waals surface area contributed by atoms with E-state index < -0.39 is 0 Å². The number of esters is 1. The van der Waals surface area contributed by atoms with E-state index >= 15 is 0 Å². The fourth-order valence-electron chi connectivity index (χ4n) is 1.81. The highest BCUT2D eigenvalue weighted by molar-refractivity contribution is 5.83. The van der Waals surface area contributed by atoms with Crippen molar-refractivity contribution in [2.24, 2.45) is 0 Å². The normalized spacial score (nSPS) is 12.0. The molecule has 20 heavy (non-hydrogen) atoms. The lowest BCUT2D eigenvalue weighted by molar-refractivity contribution is -0.137. The third-order valence-electron chi connectivity index (χ3n) is 2.77. The number of carbonyl (C=O) groups excluding carboxylic acids is 1. The summed E-state index contributed by atoms with van der Waals surface area (Å²) in [7, 11) is 0. The van der Waals surface area contributed by atoms with Gasteiger partial charge in [0.1, 0.15) is 0 Å². The number of benzene rings is 1. The van der Waals surface area contributed by atoms with Crippen molar-refractivity contribution < 1.29 is 9.53 Å². The minimum Gasteiger partial charge on any atom is -0.463 e. The van der Waals surface area contributed by atoms with Crippen LogP contribution in [0.2, 0.25) is 0 Å². The minimum absolute atomic E-state index is 0.318.